The smallest absolute Gasteiger partial charge is 0.00269 e. The van der Waals surface area contributed by atoms with Crippen LogP contribution in [0, 0.1) is 0 Å². The van der Waals surface area contributed by atoms with Gasteiger partial charge in [0.15, 0.2) is 0 Å². The predicted molar refractivity (Wildman–Crippen MR) is 76.9 cm³/mol. The Morgan fingerprint density at radius 1 is 1.00 bits per heavy atom. The van der Waals surface area contributed by atoms with Gasteiger partial charge in [-0.2, -0.15) is 0 Å². The van der Waals surface area contributed by atoms with E-state index in [1.54, 1.807) is 0 Å². The summed E-state index contributed by atoms with van der Waals surface area (Å²) in [5.41, 5.74) is 1.21. The lowest BCUT2D eigenvalue weighted by atomic mass is 9.95. The van der Waals surface area contributed by atoms with Crippen molar-refractivity contribution >= 4 is 33.7 Å². The second-order valence-corrected chi connectivity index (χ2v) is 4.26. The number of benzene rings is 3. The molecule has 0 atom stereocenters. The van der Waals surface area contributed by atoms with Crippen molar-refractivity contribution in [3.8, 4) is 0 Å². The van der Waals surface area contributed by atoms with Crippen LogP contribution in [-0.2, 0) is 0 Å². The Kier molecular flexibility index (Phi) is 2.22. The van der Waals surface area contributed by atoms with Crippen LogP contribution in [0.4, 0.5) is 0 Å². The van der Waals surface area contributed by atoms with Gasteiger partial charge < -0.3 is 0 Å². The fourth-order valence-corrected chi connectivity index (χ4v) is 2.55. The monoisotopic (exact) mass is 218 g/mol. The molecular formula is C17H14. The molecule has 3 aromatic carbocycles. The average Bonchev–Trinajstić information content (AvgIpc) is 2.40. The van der Waals surface area contributed by atoms with E-state index in [0.29, 0.717) is 0 Å². The van der Waals surface area contributed by atoms with Crippen molar-refractivity contribution in [3.05, 3.63) is 59.8 Å². The van der Waals surface area contributed by atoms with Gasteiger partial charge in [-0.3, -0.25) is 0 Å². The van der Waals surface area contributed by atoms with E-state index in [1.807, 2.05) is 6.08 Å². The Bertz CT molecular complexity index is 758. The van der Waals surface area contributed by atoms with Crippen molar-refractivity contribution in [2.24, 2.45) is 0 Å². The molecule has 0 radical (unpaired) electrons. The second kappa shape index (κ2) is 3.74. The molecule has 0 fully saturated rings. The fourth-order valence-electron chi connectivity index (χ4n) is 2.55. The lowest BCUT2D eigenvalue weighted by molar-refractivity contribution is 1.65. The van der Waals surface area contributed by atoms with E-state index in [9.17, 15) is 0 Å². The third-order valence-corrected chi connectivity index (χ3v) is 3.37. The number of hydrogen-bond donors (Lipinski definition) is 0. The molecule has 0 aliphatic heterocycles. The van der Waals surface area contributed by atoms with Crippen molar-refractivity contribution in [1.82, 2.24) is 0 Å². The minimum Gasteiger partial charge on any atom is -0.0984 e. The molecule has 0 saturated heterocycles. The first kappa shape index (κ1) is 10.1. The molecule has 0 amide bonds. The Labute approximate surface area is 101 Å². The van der Waals surface area contributed by atoms with Gasteiger partial charge in [-0.25, -0.2) is 0 Å². The van der Waals surface area contributed by atoms with Crippen molar-refractivity contribution in [3.63, 3.8) is 0 Å². The molecule has 3 aromatic rings. The molecular weight excluding hydrogens is 204 g/mol. The zero-order valence-electron chi connectivity index (χ0n) is 9.90. The maximum Gasteiger partial charge on any atom is -0.00269 e. The van der Waals surface area contributed by atoms with Gasteiger partial charge in [-0.15, -0.1) is 0 Å². The first-order valence-corrected chi connectivity index (χ1v) is 5.88. The molecule has 0 nitrogen and oxygen atoms in total. The largest absolute Gasteiger partial charge is 0.0984 e. The van der Waals surface area contributed by atoms with Gasteiger partial charge in [-0.05, 0) is 45.3 Å². The highest BCUT2D eigenvalue weighted by Crippen LogP contribution is 2.27. The summed E-state index contributed by atoms with van der Waals surface area (Å²) in [5.74, 6) is 0. The fraction of sp³-hybridized carbons (Fsp3) is 0.0588. The Balaban J connectivity index is 2.73. The maximum absolute atomic E-state index is 3.92. The predicted octanol–water partition coefficient (Wildman–Crippen LogP) is 4.16. The minimum atomic E-state index is 1.21. The summed E-state index contributed by atoms with van der Waals surface area (Å²) in [6.07, 6.45) is 4.10. The highest BCUT2D eigenvalue weighted by Gasteiger charge is 2.05. The van der Waals surface area contributed by atoms with Crippen LogP contribution >= 0.6 is 0 Å². The molecule has 82 valence electrons. The summed E-state index contributed by atoms with van der Waals surface area (Å²) >= 11 is 0. The van der Waals surface area contributed by atoms with E-state index in [0.717, 1.165) is 0 Å². The van der Waals surface area contributed by atoms with E-state index in [2.05, 4.69) is 62.0 Å². The molecule has 0 heterocycles. The minimum absolute atomic E-state index is 1.21. The van der Waals surface area contributed by atoms with E-state index < -0.39 is 0 Å². The summed E-state index contributed by atoms with van der Waals surface area (Å²) in [7, 11) is 0. The van der Waals surface area contributed by atoms with E-state index in [4.69, 9.17) is 0 Å². The lowest BCUT2D eigenvalue weighted by Crippen LogP contribution is -2.03. The standard InChI is InChI=1S/C17H14/c1-3-12-11-13(4-2)16-10-6-8-14-7-5-9-15(12)17(14)16/h3-11H,1H2,2H3/b13-4-. The second-order valence-electron chi connectivity index (χ2n) is 4.26. The summed E-state index contributed by atoms with van der Waals surface area (Å²) in [6, 6.07) is 15.1. The van der Waals surface area contributed by atoms with Crippen LogP contribution in [0.15, 0.2) is 49.0 Å². The van der Waals surface area contributed by atoms with Crippen LogP contribution in [0.25, 0.3) is 33.7 Å². The Morgan fingerprint density at radius 3 is 2.35 bits per heavy atom. The van der Waals surface area contributed by atoms with Gasteiger partial charge in [0.1, 0.15) is 0 Å². The van der Waals surface area contributed by atoms with Crippen LogP contribution < -0.4 is 5.22 Å². The molecule has 0 aliphatic carbocycles. The van der Waals surface area contributed by atoms with E-state index in [1.165, 1.54) is 32.3 Å². The van der Waals surface area contributed by atoms with Gasteiger partial charge >= 0.3 is 0 Å². The van der Waals surface area contributed by atoms with Gasteiger partial charge in [0.05, 0.1) is 0 Å². The third kappa shape index (κ3) is 1.38. The molecule has 0 spiro atoms. The normalized spacial score (nSPS) is 12.4. The van der Waals surface area contributed by atoms with Gasteiger partial charge in [0.25, 0.3) is 0 Å². The maximum atomic E-state index is 3.92. The highest BCUT2D eigenvalue weighted by molar-refractivity contribution is 6.12. The van der Waals surface area contributed by atoms with Crippen LogP contribution in [0.3, 0.4) is 0 Å². The Hall–Kier alpha value is -2.08. The van der Waals surface area contributed by atoms with Crippen molar-refractivity contribution in [1.29, 1.82) is 0 Å². The number of hydrogen-bond acceptors (Lipinski definition) is 0. The zero-order chi connectivity index (χ0) is 11.8. The summed E-state index contributed by atoms with van der Waals surface area (Å²) in [5, 5.41) is 6.54. The van der Waals surface area contributed by atoms with Gasteiger partial charge in [-0.1, -0.05) is 55.1 Å². The van der Waals surface area contributed by atoms with Crippen molar-refractivity contribution in [2.75, 3.05) is 0 Å². The SMILES string of the molecule is C=Cc1c/c(=C/C)c2cccc3cccc1c32. The van der Waals surface area contributed by atoms with Crippen LogP contribution in [0.2, 0.25) is 0 Å². The first-order valence-electron chi connectivity index (χ1n) is 5.88. The van der Waals surface area contributed by atoms with Crippen molar-refractivity contribution < 1.29 is 0 Å². The van der Waals surface area contributed by atoms with Gasteiger partial charge in [0.2, 0.25) is 0 Å². The topological polar surface area (TPSA) is 0 Å². The molecule has 0 aliphatic rings. The summed E-state index contributed by atoms with van der Waals surface area (Å²) < 4.78 is 0. The number of rotatable bonds is 1. The molecule has 0 saturated carbocycles. The summed E-state index contributed by atoms with van der Waals surface area (Å²) in [6.45, 7) is 6.00. The average molecular weight is 218 g/mol. The van der Waals surface area contributed by atoms with E-state index in [-0.39, 0.29) is 0 Å². The molecule has 17 heavy (non-hydrogen) atoms. The lowest BCUT2D eigenvalue weighted by Gasteiger charge is -2.09. The third-order valence-electron chi connectivity index (χ3n) is 3.37. The molecule has 0 unspecified atom stereocenters. The van der Waals surface area contributed by atoms with Gasteiger partial charge in [0, 0.05) is 0 Å². The van der Waals surface area contributed by atoms with Crippen LogP contribution in [-0.4, -0.2) is 0 Å². The first-order chi connectivity index (χ1) is 8.35. The quantitative estimate of drug-likeness (QED) is 0.575. The molecule has 0 heteroatoms. The van der Waals surface area contributed by atoms with Crippen LogP contribution in [0.1, 0.15) is 12.5 Å². The molecule has 0 bridgehead atoms. The van der Waals surface area contributed by atoms with E-state index >= 15 is 0 Å². The molecule has 0 N–H and O–H groups in total. The van der Waals surface area contributed by atoms with Crippen molar-refractivity contribution in [2.45, 2.75) is 6.92 Å². The zero-order valence-corrected chi connectivity index (χ0v) is 9.90. The molecule has 3 rings (SSSR count). The highest BCUT2D eigenvalue weighted by atomic mass is 14.1. The van der Waals surface area contributed by atoms with Crippen LogP contribution in [0.5, 0.6) is 0 Å². The Morgan fingerprint density at radius 2 is 1.71 bits per heavy atom. The molecule has 0 aromatic heterocycles. The summed E-state index contributed by atoms with van der Waals surface area (Å²) in [4.78, 5) is 0.